The maximum Gasteiger partial charge on any atom is 0.225 e. The second-order valence-corrected chi connectivity index (χ2v) is 4.50. The van der Waals surface area contributed by atoms with Gasteiger partial charge in [0, 0.05) is 26.6 Å². The third kappa shape index (κ3) is 2.55. The molecule has 2 aliphatic heterocycles. The molecule has 2 saturated heterocycles. The van der Waals surface area contributed by atoms with E-state index in [1.54, 1.807) is 0 Å². The molecule has 1 spiro atoms. The Balaban J connectivity index is 0.000000606. The van der Waals surface area contributed by atoms with Crippen LogP contribution in [0.25, 0.3) is 0 Å². The highest BCUT2D eigenvalue weighted by Crippen LogP contribution is 2.26. The van der Waals surface area contributed by atoms with Crippen LogP contribution in [0, 0.1) is 0 Å². The summed E-state index contributed by atoms with van der Waals surface area (Å²) in [6.07, 6.45) is 2.89. The van der Waals surface area contributed by atoms with Gasteiger partial charge in [-0.2, -0.15) is 0 Å². The molecule has 1 unspecified atom stereocenters. The predicted octanol–water partition coefficient (Wildman–Crippen LogP) is 0.886. The van der Waals surface area contributed by atoms with Gasteiger partial charge in [0.15, 0.2) is 0 Å². The van der Waals surface area contributed by atoms with Crippen molar-refractivity contribution in [3.05, 3.63) is 0 Å². The molecule has 94 valence electrons. The van der Waals surface area contributed by atoms with E-state index in [0.717, 1.165) is 26.1 Å². The lowest BCUT2D eigenvalue weighted by atomic mass is 9.94. The Morgan fingerprint density at radius 1 is 1.31 bits per heavy atom. The highest BCUT2D eigenvalue weighted by molar-refractivity contribution is 5.77. The first-order chi connectivity index (χ1) is 7.64. The highest BCUT2D eigenvalue weighted by atomic mass is 16.2. The number of hydrogen-bond acceptors (Lipinski definition) is 3. The number of piperidine rings is 1. The highest BCUT2D eigenvalue weighted by Gasteiger charge is 2.42. The first-order valence-corrected chi connectivity index (χ1v) is 6.34. The minimum absolute atomic E-state index is 0.0810. The monoisotopic (exact) mass is 227 g/mol. The first-order valence-electron chi connectivity index (χ1n) is 6.34. The van der Waals surface area contributed by atoms with Crippen molar-refractivity contribution in [2.24, 2.45) is 0 Å². The lowest BCUT2D eigenvalue weighted by molar-refractivity contribution is -0.144. The average Bonchev–Trinajstić information content (AvgIpc) is 2.29. The molecule has 16 heavy (non-hydrogen) atoms. The standard InChI is InChI=1S/C10H19N3O.C2H6/c1-12-7-3-5-10(8-12)11-6-4-9(14)13(10)2;1-2/h11H,3-8H2,1-2H3;1-2H3. The van der Waals surface area contributed by atoms with E-state index in [-0.39, 0.29) is 11.6 Å². The minimum atomic E-state index is -0.0810. The van der Waals surface area contributed by atoms with Crippen LogP contribution in [-0.2, 0) is 4.79 Å². The SMILES string of the molecule is CC.CN1CCCC2(C1)NCCC(=O)N2C. The Morgan fingerprint density at radius 2 is 2.00 bits per heavy atom. The molecule has 2 aliphatic rings. The van der Waals surface area contributed by atoms with Gasteiger partial charge in [0.05, 0.1) is 0 Å². The number of likely N-dealkylation sites (tertiary alicyclic amines) is 1. The molecule has 1 amide bonds. The van der Waals surface area contributed by atoms with Crippen LogP contribution in [0.4, 0.5) is 0 Å². The summed E-state index contributed by atoms with van der Waals surface area (Å²) in [7, 11) is 4.04. The van der Waals surface area contributed by atoms with E-state index in [1.165, 1.54) is 6.42 Å². The van der Waals surface area contributed by atoms with Crippen molar-refractivity contribution in [2.75, 3.05) is 33.7 Å². The van der Waals surface area contributed by atoms with Crippen molar-refractivity contribution < 1.29 is 4.79 Å². The normalized spacial score (nSPS) is 31.2. The number of likely N-dealkylation sites (N-methyl/N-ethyl adjacent to an activating group) is 2. The molecule has 2 heterocycles. The topological polar surface area (TPSA) is 35.6 Å². The average molecular weight is 227 g/mol. The summed E-state index contributed by atoms with van der Waals surface area (Å²) in [5, 5.41) is 3.51. The maximum atomic E-state index is 11.6. The summed E-state index contributed by atoms with van der Waals surface area (Å²) < 4.78 is 0. The summed E-state index contributed by atoms with van der Waals surface area (Å²) in [4.78, 5) is 15.8. The molecule has 4 heteroatoms. The number of carbonyl (C=O) groups excluding carboxylic acids is 1. The number of rotatable bonds is 0. The van der Waals surface area contributed by atoms with Crippen LogP contribution in [0.2, 0.25) is 0 Å². The van der Waals surface area contributed by atoms with E-state index >= 15 is 0 Å². The lowest BCUT2D eigenvalue weighted by Crippen LogP contribution is -2.69. The maximum absolute atomic E-state index is 11.6. The molecule has 0 aromatic heterocycles. The molecular weight excluding hydrogens is 202 g/mol. The molecule has 2 fully saturated rings. The largest absolute Gasteiger partial charge is 0.326 e. The zero-order valence-electron chi connectivity index (χ0n) is 11.0. The van der Waals surface area contributed by atoms with Crippen LogP contribution in [0.5, 0.6) is 0 Å². The van der Waals surface area contributed by atoms with Gasteiger partial charge in [0.1, 0.15) is 5.66 Å². The van der Waals surface area contributed by atoms with Gasteiger partial charge < -0.3 is 9.80 Å². The van der Waals surface area contributed by atoms with Crippen molar-refractivity contribution >= 4 is 5.91 Å². The van der Waals surface area contributed by atoms with Crippen molar-refractivity contribution in [3.63, 3.8) is 0 Å². The molecule has 0 aromatic carbocycles. The Kier molecular flexibility index (Phi) is 4.74. The molecule has 0 aliphatic carbocycles. The third-order valence-corrected chi connectivity index (χ3v) is 3.47. The van der Waals surface area contributed by atoms with Gasteiger partial charge in [-0.3, -0.25) is 10.1 Å². The molecule has 1 atom stereocenters. The van der Waals surface area contributed by atoms with Gasteiger partial charge in [0.2, 0.25) is 5.91 Å². The van der Waals surface area contributed by atoms with Crippen molar-refractivity contribution in [2.45, 2.75) is 38.8 Å². The Hall–Kier alpha value is -0.610. The minimum Gasteiger partial charge on any atom is -0.326 e. The lowest BCUT2D eigenvalue weighted by Gasteiger charge is -2.50. The zero-order valence-corrected chi connectivity index (χ0v) is 11.0. The second-order valence-electron chi connectivity index (χ2n) is 4.50. The van der Waals surface area contributed by atoms with Crippen LogP contribution in [-0.4, -0.2) is 55.1 Å². The van der Waals surface area contributed by atoms with E-state index in [4.69, 9.17) is 0 Å². The quantitative estimate of drug-likeness (QED) is 0.667. The number of nitrogens with one attached hydrogen (secondary N) is 1. The molecule has 0 radical (unpaired) electrons. The number of hydrogen-bond donors (Lipinski definition) is 1. The van der Waals surface area contributed by atoms with E-state index in [1.807, 2.05) is 25.8 Å². The summed E-state index contributed by atoms with van der Waals surface area (Å²) >= 11 is 0. The van der Waals surface area contributed by atoms with Crippen LogP contribution < -0.4 is 5.32 Å². The van der Waals surface area contributed by atoms with E-state index in [9.17, 15) is 4.79 Å². The molecular formula is C12H25N3O. The fourth-order valence-electron chi connectivity index (χ4n) is 2.59. The van der Waals surface area contributed by atoms with Crippen LogP contribution in [0.15, 0.2) is 0 Å². The molecule has 0 bridgehead atoms. The van der Waals surface area contributed by atoms with Crippen LogP contribution >= 0.6 is 0 Å². The van der Waals surface area contributed by atoms with Gasteiger partial charge in [-0.05, 0) is 26.4 Å². The first kappa shape index (κ1) is 13.5. The summed E-state index contributed by atoms with van der Waals surface area (Å²) in [6.45, 7) is 6.93. The van der Waals surface area contributed by atoms with Crippen LogP contribution in [0.3, 0.4) is 0 Å². The zero-order chi connectivity index (χ0) is 12.2. The predicted molar refractivity (Wildman–Crippen MR) is 66.2 cm³/mol. The summed E-state index contributed by atoms with van der Waals surface area (Å²) in [5.41, 5.74) is -0.0810. The molecule has 0 aromatic rings. The van der Waals surface area contributed by atoms with Gasteiger partial charge >= 0.3 is 0 Å². The second kappa shape index (κ2) is 5.64. The molecule has 4 nitrogen and oxygen atoms in total. The Bertz CT molecular complexity index is 240. The van der Waals surface area contributed by atoms with Crippen molar-refractivity contribution in [1.29, 1.82) is 0 Å². The Labute approximate surface area is 99.0 Å². The van der Waals surface area contributed by atoms with Gasteiger partial charge in [-0.1, -0.05) is 13.8 Å². The molecule has 0 saturated carbocycles. The Morgan fingerprint density at radius 3 is 2.62 bits per heavy atom. The van der Waals surface area contributed by atoms with Crippen LogP contribution in [0.1, 0.15) is 33.1 Å². The molecule has 1 N–H and O–H groups in total. The number of amides is 1. The third-order valence-electron chi connectivity index (χ3n) is 3.47. The molecule has 2 rings (SSSR count). The van der Waals surface area contributed by atoms with Crippen molar-refractivity contribution in [1.82, 2.24) is 15.1 Å². The van der Waals surface area contributed by atoms with E-state index in [0.29, 0.717) is 6.42 Å². The number of nitrogens with zero attached hydrogens (tertiary/aromatic N) is 2. The van der Waals surface area contributed by atoms with Crippen molar-refractivity contribution in [3.8, 4) is 0 Å². The summed E-state index contributed by atoms with van der Waals surface area (Å²) in [6, 6.07) is 0. The van der Waals surface area contributed by atoms with E-state index < -0.39 is 0 Å². The fraction of sp³-hybridized carbons (Fsp3) is 0.917. The van der Waals surface area contributed by atoms with Gasteiger partial charge in [-0.15, -0.1) is 0 Å². The number of carbonyl (C=O) groups is 1. The summed E-state index contributed by atoms with van der Waals surface area (Å²) in [5.74, 6) is 0.277. The fourth-order valence-corrected chi connectivity index (χ4v) is 2.59. The smallest absolute Gasteiger partial charge is 0.225 e. The van der Waals surface area contributed by atoms with E-state index in [2.05, 4.69) is 17.3 Å². The van der Waals surface area contributed by atoms with Gasteiger partial charge in [-0.25, -0.2) is 0 Å². The van der Waals surface area contributed by atoms with Gasteiger partial charge in [0.25, 0.3) is 0 Å².